The average molecular weight is 941 g/mol. The highest BCUT2D eigenvalue weighted by Crippen LogP contribution is 2.43. The van der Waals surface area contributed by atoms with Crippen LogP contribution in [0.25, 0.3) is 109 Å². The van der Waals surface area contributed by atoms with E-state index in [0.29, 0.717) is 0 Å². The predicted octanol–water partition coefficient (Wildman–Crippen LogP) is -21.8. The number of rotatable bonds is 3. The van der Waals surface area contributed by atoms with Gasteiger partial charge in [-0.2, -0.15) is 0 Å². The van der Waals surface area contributed by atoms with E-state index in [1.165, 1.54) is 0 Å². The van der Waals surface area contributed by atoms with E-state index in [9.17, 15) is 0 Å². The van der Waals surface area contributed by atoms with Gasteiger partial charge in [0.25, 0.3) is 0 Å². The third-order valence-electron chi connectivity index (χ3n) is 16.0. The molecule has 0 saturated heterocycles. The molecule has 0 N–H and O–H groups in total. The Balaban J connectivity index is 1.40. The van der Waals surface area contributed by atoms with Gasteiger partial charge in [0.2, 0.25) is 0 Å². The van der Waals surface area contributed by atoms with Crippen molar-refractivity contribution in [2.75, 3.05) is 0 Å². The van der Waals surface area contributed by atoms with E-state index >= 15 is 0 Å². The molecule has 10 aromatic carbocycles. The first-order valence-corrected chi connectivity index (χ1v) is 23.8. The Bertz CT molecular complexity index is 4820. The van der Waals surface area contributed by atoms with Gasteiger partial charge in [0, 0.05) is 10.8 Å². The molecule has 296 valence electrons. The van der Waals surface area contributed by atoms with Gasteiger partial charge in [-0.25, -0.2) is 0 Å². The fraction of sp³-hybridized carbons (Fsp3) is 0. The van der Waals surface area contributed by atoms with Gasteiger partial charge in [0.15, 0.2) is 0 Å². The Hall–Kier alpha value is -4.75. The van der Waals surface area contributed by atoms with Crippen LogP contribution in [0.5, 0.6) is 0 Å². The number of benzene rings is 10. The first-order valence-electron chi connectivity index (χ1n) is 23.8. The predicted molar refractivity (Wildman–Crippen MR) is 379 cm³/mol. The van der Waals surface area contributed by atoms with Crippen LogP contribution in [-0.2, 0) is 0 Å². The van der Waals surface area contributed by atoms with Gasteiger partial charge in [-0.3, -0.25) is 0 Å². The summed E-state index contributed by atoms with van der Waals surface area (Å²) < 4.78 is 6.53. The van der Waals surface area contributed by atoms with Crippen LogP contribution in [0.2, 0.25) is 0 Å². The van der Waals surface area contributed by atoms with Crippen molar-refractivity contribution in [2.24, 2.45) is 0 Å². The van der Waals surface area contributed by atoms with E-state index in [1.807, 2.05) is 0 Å². The molecule has 11 rings (SSSR count). The minimum Gasteiger partial charge on any atom is -0.457 e. The van der Waals surface area contributed by atoms with Crippen LogP contribution in [0.15, 0.2) is 4.42 Å². The summed E-state index contributed by atoms with van der Waals surface area (Å²) in [5.74, 6) is 0. The monoisotopic (exact) mass is 946 g/mol. The standard InChI is InChI=1S/C50B30O/c51-19-10(8-9(27(59)42(74)41(73)26(8)58)11-14(19)33(65)44(76)43(75)28(11)60)15-31(63)29(61)13(30(62)32(15)64)2-5-3(21(53)37(69)39(71)23(5)55)1(4-6(2)24(56)40(72)38(70)22(4)54)7-12-18-20(52)16-17(35(67)46(78)45(77)34(16)66)36(68)50(18)81-49(12)48(80)47(79)25(7)57. The Morgan fingerprint density at radius 3 is 0.679 bits per heavy atom. The lowest BCUT2D eigenvalue weighted by Crippen LogP contribution is -2.52. The number of hydrogen-bond donors (Lipinski definition) is 0. The highest BCUT2D eigenvalue weighted by molar-refractivity contribution is 6.79. The molecule has 0 amide bonds. The lowest BCUT2D eigenvalue weighted by molar-refractivity contribution is 0.675. The second-order valence-corrected chi connectivity index (χ2v) is 19.9. The lowest BCUT2D eigenvalue weighted by Gasteiger charge is -2.33. The van der Waals surface area contributed by atoms with Crippen molar-refractivity contribution in [3.8, 4) is 33.4 Å². The van der Waals surface area contributed by atoms with E-state index in [2.05, 4.69) is 0 Å². The number of furan rings is 1. The van der Waals surface area contributed by atoms with Crippen LogP contribution < -0.4 is 164 Å². The van der Waals surface area contributed by atoms with Crippen LogP contribution in [-0.4, -0.2) is 235 Å². The van der Waals surface area contributed by atoms with E-state index in [1.54, 1.807) is 0 Å². The summed E-state index contributed by atoms with van der Waals surface area (Å²) in [6, 6.07) is 0. The van der Waals surface area contributed by atoms with Crippen molar-refractivity contribution in [2.45, 2.75) is 0 Å². The minimum absolute atomic E-state index is 0.0263. The van der Waals surface area contributed by atoms with Gasteiger partial charge >= 0.3 is 0 Å². The molecule has 60 radical (unpaired) electrons. The first-order chi connectivity index (χ1) is 37.8. The fourth-order valence-corrected chi connectivity index (χ4v) is 11.8. The SMILES string of the molecule is [B]c1c([B])c(-c2c([B])c3c([B])c([B])c([B])c([B])c3c3c([B])c([B])c([B])c([B])c23)c([B])c([B])c1-c1c2c([B])c([B])c([B])c([B])c2c(-c2c([B])c([B])c([B])c3oc4c([B])c5c([B])c([B])c([B])c([B])c5c([B])c4c23)c2c([B])c([B])c([B])c([B])c12. The maximum atomic E-state index is 7.33. The van der Waals surface area contributed by atoms with Gasteiger partial charge < -0.3 is 4.42 Å². The van der Waals surface area contributed by atoms with Gasteiger partial charge in [-0.1, -0.05) is 98.3 Å². The summed E-state index contributed by atoms with van der Waals surface area (Å²) >= 11 is 0. The highest BCUT2D eigenvalue weighted by atomic mass is 16.3. The van der Waals surface area contributed by atoms with E-state index < -0.39 is 0 Å². The minimum atomic E-state index is -0.313. The van der Waals surface area contributed by atoms with Crippen LogP contribution >= 0.6 is 0 Å². The van der Waals surface area contributed by atoms with Crippen molar-refractivity contribution in [3.63, 3.8) is 0 Å². The smallest absolute Gasteiger partial charge is 0.128 e. The summed E-state index contributed by atoms with van der Waals surface area (Å²) in [7, 11) is 206. The summed E-state index contributed by atoms with van der Waals surface area (Å²) in [6.07, 6.45) is 0. The van der Waals surface area contributed by atoms with E-state index in [4.69, 9.17) is 240 Å². The molecule has 0 spiro atoms. The quantitative estimate of drug-likeness (QED) is 0.0977. The molecule has 0 fully saturated rings. The maximum absolute atomic E-state index is 7.33. The molecule has 0 aliphatic carbocycles. The molecular formula is C50B30O. The molecule has 31 heteroatoms. The molecule has 1 heterocycles. The van der Waals surface area contributed by atoms with Gasteiger partial charge in [-0.05, 0) is 92.7 Å². The molecule has 0 saturated carbocycles. The molecule has 81 heavy (non-hydrogen) atoms. The van der Waals surface area contributed by atoms with Crippen LogP contribution in [0.1, 0.15) is 0 Å². The largest absolute Gasteiger partial charge is 0.457 e. The second-order valence-electron chi connectivity index (χ2n) is 19.9. The Labute approximate surface area is 509 Å². The zero-order chi connectivity index (χ0) is 59.6. The zero-order valence-electron chi connectivity index (χ0n) is 42.7. The summed E-state index contributed by atoms with van der Waals surface area (Å²) in [6.45, 7) is 0. The van der Waals surface area contributed by atoms with Crippen molar-refractivity contribution in [1.82, 2.24) is 0 Å². The third-order valence-corrected chi connectivity index (χ3v) is 16.0. The number of hydrogen-bond acceptors (Lipinski definition) is 1. The molecule has 0 aliphatic heterocycles. The van der Waals surface area contributed by atoms with Gasteiger partial charge in [0.1, 0.15) is 247 Å². The molecule has 1 nitrogen and oxygen atoms in total. The molecule has 0 unspecified atom stereocenters. The van der Waals surface area contributed by atoms with Crippen molar-refractivity contribution in [3.05, 3.63) is 0 Å². The Morgan fingerprint density at radius 2 is 0.321 bits per heavy atom. The molecule has 11 aromatic rings. The van der Waals surface area contributed by atoms with Crippen molar-refractivity contribution >= 4 is 475 Å². The molecule has 0 bridgehead atoms. The second kappa shape index (κ2) is 19.4. The van der Waals surface area contributed by atoms with Crippen LogP contribution in [0, 0.1) is 0 Å². The van der Waals surface area contributed by atoms with Crippen molar-refractivity contribution in [1.29, 1.82) is 0 Å². The van der Waals surface area contributed by atoms with Gasteiger partial charge in [-0.15, -0.1) is 60.1 Å². The Morgan fingerprint density at radius 1 is 0.111 bits per heavy atom. The zero-order valence-corrected chi connectivity index (χ0v) is 42.7. The van der Waals surface area contributed by atoms with E-state index in [-0.39, 0.29) is 273 Å². The molecule has 1 aromatic heterocycles. The lowest BCUT2D eigenvalue weighted by atomic mass is 9.55. The highest BCUT2D eigenvalue weighted by Gasteiger charge is 2.32. The van der Waals surface area contributed by atoms with Crippen LogP contribution in [0.4, 0.5) is 0 Å². The summed E-state index contributed by atoms with van der Waals surface area (Å²) in [4.78, 5) is 0. The first kappa shape index (κ1) is 58.0. The van der Waals surface area contributed by atoms with Crippen LogP contribution in [0.3, 0.4) is 0 Å². The number of fused-ring (bicyclic) bond motifs is 9. The maximum Gasteiger partial charge on any atom is 0.128 e. The van der Waals surface area contributed by atoms with E-state index in [0.717, 1.165) is 0 Å². The normalized spacial score (nSPS) is 12.0. The third kappa shape index (κ3) is 7.30. The average Bonchev–Trinajstić information content (AvgIpc) is 2.49. The summed E-state index contributed by atoms with van der Waals surface area (Å²) in [5.41, 5.74) is -5.77. The van der Waals surface area contributed by atoms with Gasteiger partial charge in [0.05, 0.1) is 0 Å². The molecule has 0 aliphatic rings. The summed E-state index contributed by atoms with van der Waals surface area (Å²) in [5, 5.41) is 0.413. The molecular weight excluding hydrogens is 941 g/mol. The fourth-order valence-electron chi connectivity index (χ4n) is 11.8. The molecule has 0 atom stereocenters. The van der Waals surface area contributed by atoms with Crippen molar-refractivity contribution < 1.29 is 4.42 Å². The Kier molecular flexibility index (Phi) is 13.9. The topological polar surface area (TPSA) is 13.1 Å².